The third-order valence-corrected chi connectivity index (χ3v) is 4.64. The van der Waals surface area contributed by atoms with E-state index in [1.54, 1.807) is 12.1 Å². The standard InChI is InChI=1S/C15H20BrF3N2/c1-10(20)11-4-6-21(7-5-11)9-12-2-3-13(16)8-14(12)15(17,18)19/h2-3,8,10-11H,4-7,9,20H2,1H3. The normalized spacial score (nSPS) is 19.7. The van der Waals surface area contributed by atoms with Gasteiger partial charge >= 0.3 is 6.18 Å². The maximum atomic E-state index is 13.1. The van der Waals surface area contributed by atoms with Crippen LogP contribution in [0.15, 0.2) is 22.7 Å². The molecule has 1 heterocycles. The molecule has 21 heavy (non-hydrogen) atoms. The first-order chi connectivity index (χ1) is 9.77. The zero-order chi connectivity index (χ0) is 15.6. The van der Waals surface area contributed by atoms with Gasteiger partial charge in [0.15, 0.2) is 0 Å². The highest BCUT2D eigenvalue weighted by molar-refractivity contribution is 9.10. The maximum Gasteiger partial charge on any atom is 0.416 e. The molecule has 0 amide bonds. The number of nitrogens with two attached hydrogens (primary N) is 1. The number of rotatable bonds is 3. The van der Waals surface area contributed by atoms with Crippen LogP contribution in [-0.2, 0) is 12.7 Å². The highest BCUT2D eigenvalue weighted by Crippen LogP contribution is 2.35. The molecule has 0 aliphatic carbocycles. The van der Waals surface area contributed by atoms with Crippen molar-refractivity contribution in [3.8, 4) is 0 Å². The van der Waals surface area contributed by atoms with Gasteiger partial charge in [-0.25, -0.2) is 0 Å². The molecule has 6 heteroatoms. The lowest BCUT2D eigenvalue weighted by Gasteiger charge is -2.34. The van der Waals surface area contributed by atoms with E-state index < -0.39 is 11.7 Å². The van der Waals surface area contributed by atoms with Crippen LogP contribution in [0.4, 0.5) is 13.2 Å². The number of hydrogen-bond acceptors (Lipinski definition) is 2. The molecule has 0 radical (unpaired) electrons. The van der Waals surface area contributed by atoms with E-state index >= 15 is 0 Å². The van der Waals surface area contributed by atoms with Crippen molar-refractivity contribution >= 4 is 15.9 Å². The minimum absolute atomic E-state index is 0.158. The summed E-state index contributed by atoms with van der Waals surface area (Å²) in [6.45, 7) is 3.95. The average molecular weight is 365 g/mol. The SMILES string of the molecule is CC(N)C1CCN(Cc2ccc(Br)cc2C(F)(F)F)CC1. The van der Waals surface area contributed by atoms with Crippen molar-refractivity contribution in [1.82, 2.24) is 4.90 Å². The Morgan fingerprint density at radius 3 is 2.48 bits per heavy atom. The number of alkyl halides is 3. The smallest absolute Gasteiger partial charge is 0.328 e. The second-order valence-electron chi connectivity index (χ2n) is 5.77. The summed E-state index contributed by atoms with van der Waals surface area (Å²) in [5.74, 6) is 0.480. The Hall–Kier alpha value is -0.590. The van der Waals surface area contributed by atoms with Gasteiger partial charge in [0.05, 0.1) is 5.56 Å². The zero-order valence-corrected chi connectivity index (χ0v) is 13.5. The lowest BCUT2D eigenvalue weighted by Crippen LogP contribution is -2.39. The molecule has 118 valence electrons. The van der Waals surface area contributed by atoms with Crippen LogP contribution in [0.1, 0.15) is 30.9 Å². The molecule has 2 N–H and O–H groups in total. The summed E-state index contributed by atoms with van der Waals surface area (Å²) in [5, 5.41) is 0. The van der Waals surface area contributed by atoms with Crippen molar-refractivity contribution in [3.05, 3.63) is 33.8 Å². The molecule has 1 aromatic carbocycles. The molecular formula is C15H20BrF3N2. The molecule has 1 aliphatic rings. The fourth-order valence-corrected chi connectivity index (χ4v) is 3.19. The maximum absolute atomic E-state index is 13.1. The van der Waals surface area contributed by atoms with E-state index in [9.17, 15) is 13.2 Å². The van der Waals surface area contributed by atoms with E-state index in [1.807, 2.05) is 6.92 Å². The average Bonchev–Trinajstić information content (AvgIpc) is 2.40. The van der Waals surface area contributed by atoms with E-state index in [-0.39, 0.29) is 6.04 Å². The molecule has 1 atom stereocenters. The van der Waals surface area contributed by atoms with E-state index in [4.69, 9.17) is 5.73 Å². The fraction of sp³-hybridized carbons (Fsp3) is 0.600. The Kier molecular flexibility index (Phi) is 5.33. The fourth-order valence-electron chi connectivity index (χ4n) is 2.83. The van der Waals surface area contributed by atoms with Crippen LogP contribution in [-0.4, -0.2) is 24.0 Å². The van der Waals surface area contributed by atoms with Crippen LogP contribution in [0, 0.1) is 5.92 Å². The molecule has 0 spiro atoms. The van der Waals surface area contributed by atoms with Gasteiger partial charge in [0.2, 0.25) is 0 Å². The third kappa shape index (κ3) is 4.44. The minimum atomic E-state index is -4.32. The van der Waals surface area contributed by atoms with Crippen LogP contribution in [0.3, 0.4) is 0 Å². The van der Waals surface area contributed by atoms with E-state index in [1.165, 1.54) is 0 Å². The molecule has 1 aromatic rings. The van der Waals surface area contributed by atoms with Crippen molar-refractivity contribution in [2.75, 3.05) is 13.1 Å². The van der Waals surface area contributed by atoms with Crippen LogP contribution in [0.5, 0.6) is 0 Å². The molecule has 1 fully saturated rings. The van der Waals surface area contributed by atoms with E-state index in [0.717, 1.165) is 32.0 Å². The van der Waals surface area contributed by atoms with Crippen LogP contribution < -0.4 is 5.73 Å². The highest BCUT2D eigenvalue weighted by atomic mass is 79.9. The van der Waals surface area contributed by atoms with Gasteiger partial charge in [0.1, 0.15) is 0 Å². The Morgan fingerprint density at radius 2 is 1.95 bits per heavy atom. The van der Waals surface area contributed by atoms with Gasteiger partial charge in [-0.3, -0.25) is 4.90 Å². The minimum Gasteiger partial charge on any atom is -0.328 e. The van der Waals surface area contributed by atoms with E-state index in [2.05, 4.69) is 20.8 Å². The predicted molar refractivity (Wildman–Crippen MR) is 80.8 cm³/mol. The zero-order valence-electron chi connectivity index (χ0n) is 12.0. The summed E-state index contributed by atoms with van der Waals surface area (Å²) in [5.41, 5.74) is 5.68. The van der Waals surface area contributed by atoms with Gasteiger partial charge in [-0.2, -0.15) is 13.2 Å². The summed E-state index contributed by atoms with van der Waals surface area (Å²) in [6.07, 6.45) is -2.41. The first-order valence-electron chi connectivity index (χ1n) is 7.11. The van der Waals surface area contributed by atoms with E-state index in [0.29, 0.717) is 22.5 Å². The summed E-state index contributed by atoms with van der Waals surface area (Å²) in [4.78, 5) is 2.08. The van der Waals surface area contributed by atoms with Gasteiger partial charge in [0, 0.05) is 17.1 Å². The van der Waals surface area contributed by atoms with Crippen molar-refractivity contribution < 1.29 is 13.2 Å². The molecule has 1 aliphatic heterocycles. The molecule has 2 rings (SSSR count). The molecule has 1 unspecified atom stereocenters. The summed E-state index contributed by atoms with van der Waals surface area (Å²) in [7, 11) is 0. The first-order valence-corrected chi connectivity index (χ1v) is 7.90. The quantitative estimate of drug-likeness (QED) is 0.877. The van der Waals surface area contributed by atoms with Gasteiger partial charge < -0.3 is 5.73 Å². The molecule has 0 saturated carbocycles. The second-order valence-corrected chi connectivity index (χ2v) is 6.69. The van der Waals surface area contributed by atoms with Crippen molar-refractivity contribution in [2.45, 2.75) is 38.5 Å². The number of halogens is 4. The van der Waals surface area contributed by atoms with Crippen molar-refractivity contribution in [2.24, 2.45) is 11.7 Å². The van der Waals surface area contributed by atoms with Crippen LogP contribution >= 0.6 is 15.9 Å². The molecule has 0 bridgehead atoms. The summed E-state index contributed by atoms with van der Waals surface area (Å²) >= 11 is 3.11. The number of likely N-dealkylation sites (tertiary alicyclic amines) is 1. The lowest BCUT2D eigenvalue weighted by molar-refractivity contribution is -0.138. The Morgan fingerprint density at radius 1 is 1.33 bits per heavy atom. The number of nitrogens with zero attached hydrogens (tertiary/aromatic N) is 1. The number of hydrogen-bond donors (Lipinski definition) is 1. The molecule has 1 saturated heterocycles. The van der Waals surface area contributed by atoms with Crippen LogP contribution in [0.25, 0.3) is 0 Å². The molecule has 2 nitrogen and oxygen atoms in total. The third-order valence-electron chi connectivity index (χ3n) is 4.15. The van der Waals surface area contributed by atoms with Gasteiger partial charge in [-0.1, -0.05) is 22.0 Å². The Labute approximate surface area is 131 Å². The van der Waals surface area contributed by atoms with Gasteiger partial charge in [-0.15, -0.1) is 0 Å². The van der Waals surface area contributed by atoms with Crippen LogP contribution in [0.2, 0.25) is 0 Å². The van der Waals surface area contributed by atoms with Gasteiger partial charge in [-0.05, 0) is 56.5 Å². The molecule has 0 aromatic heterocycles. The topological polar surface area (TPSA) is 29.3 Å². The summed E-state index contributed by atoms with van der Waals surface area (Å²) in [6, 6.07) is 4.54. The lowest BCUT2D eigenvalue weighted by atomic mass is 9.90. The predicted octanol–water partition coefficient (Wildman–Crippen LogP) is 4.03. The Bertz CT molecular complexity index is 480. The van der Waals surface area contributed by atoms with Crippen molar-refractivity contribution in [1.29, 1.82) is 0 Å². The second kappa shape index (κ2) is 6.67. The monoisotopic (exact) mass is 364 g/mol. The largest absolute Gasteiger partial charge is 0.416 e. The first kappa shape index (κ1) is 16.8. The summed E-state index contributed by atoms with van der Waals surface area (Å²) < 4.78 is 39.7. The van der Waals surface area contributed by atoms with Crippen molar-refractivity contribution in [3.63, 3.8) is 0 Å². The Balaban J connectivity index is 2.07. The number of piperidine rings is 1. The number of benzene rings is 1. The van der Waals surface area contributed by atoms with Gasteiger partial charge in [0.25, 0.3) is 0 Å². The highest BCUT2D eigenvalue weighted by Gasteiger charge is 2.34. The molecular weight excluding hydrogens is 345 g/mol.